The van der Waals surface area contributed by atoms with Gasteiger partial charge in [-0.25, -0.2) is 4.39 Å². The minimum Gasteiger partial charge on any atom is -0.351 e. The molecule has 0 radical (unpaired) electrons. The van der Waals surface area contributed by atoms with Crippen LogP contribution in [0.15, 0.2) is 24.3 Å². The number of amides is 1. The molecule has 1 amide bonds. The molecule has 0 saturated heterocycles. The van der Waals surface area contributed by atoms with Gasteiger partial charge in [0.25, 0.3) is 5.91 Å². The van der Waals surface area contributed by atoms with E-state index in [-0.39, 0.29) is 5.91 Å². The standard InChI is InChI=1S/C18H29FN2O/c1-3-4-5-6-11-18(2,19)14-15-7-9-16(10-8-15)17(22)21-13-12-20/h7-10H,3-6,11-14,20H2,1-2H3,(H,21,22). The number of unbranched alkanes of at least 4 members (excludes halogenated alkanes) is 3. The molecule has 0 fully saturated rings. The molecule has 0 bridgehead atoms. The van der Waals surface area contributed by atoms with Crippen molar-refractivity contribution in [2.75, 3.05) is 13.1 Å². The first-order chi connectivity index (χ1) is 10.5. The van der Waals surface area contributed by atoms with Crippen LogP contribution < -0.4 is 11.1 Å². The van der Waals surface area contributed by atoms with Gasteiger partial charge in [-0.15, -0.1) is 0 Å². The zero-order chi connectivity index (χ0) is 16.4. The molecule has 0 aliphatic rings. The fraction of sp³-hybridized carbons (Fsp3) is 0.611. The predicted octanol–water partition coefficient (Wildman–Crippen LogP) is 3.62. The van der Waals surface area contributed by atoms with Crippen LogP contribution in [0.5, 0.6) is 0 Å². The zero-order valence-electron chi connectivity index (χ0n) is 13.8. The van der Waals surface area contributed by atoms with Gasteiger partial charge >= 0.3 is 0 Å². The van der Waals surface area contributed by atoms with Crippen LogP contribution in [0.2, 0.25) is 0 Å². The molecule has 3 N–H and O–H groups in total. The Kier molecular flexibility index (Phi) is 8.10. The summed E-state index contributed by atoms with van der Waals surface area (Å²) in [5.41, 5.74) is 5.68. The van der Waals surface area contributed by atoms with Gasteiger partial charge in [-0.2, -0.15) is 0 Å². The summed E-state index contributed by atoms with van der Waals surface area (Å²) >= 11 is 0. The normalized spacial score (nSPS) is 13.6. The van der Waals surface area contributed by atoms with E-state index in [9.17, 15) is 9.18 Å². The number of halogens is 1. The van der Waals surface area contributed by atoms with E-state index in [0.717, 1.165) is 24.8 Å². The molecule has 0 spiro atoms. The van der Waals surface area contributed by atoms with Crippen LogP contribution in [0.1, 0.15) is 61.9 Å². The summed E-state index contributed by atoms with van der Waals surface area (Å²) in [4.78, 5) is 11.8. The third-order valence-corrected chi connectivity index (χ3v) is 3.77. The first kappa shape index (κ1) is 18.6. The van der Waals surface area contributed by atoms with Crippen molar-refractivity contribution in [3.8, 4) is 0 Å². The Morgan fingerprint density at radius 2 is 1.91 bits per heavy atom. The summed E-state index contributed by atoms with van der Waals surface area (Å²) < 4.78 is 14.5. The number of carbonyl (C=O) groups is 1. The topological polar surface area (TPSA) is 55.1 Å². The molecule has 1 unspecified atom stereocenters. The monoisotopic (exact) mass is 308 g/mol. The number of hydrogen-bond donors (Lipinski definition) is 2. The molecule has 1 rings (SSSR count). The Hall–Kier alpha value is -1.42. The van der Waals surface area contributed by atoms with Gasteiger partial charge in [-0.3, -0.25) is 4.79 Å². The molecule has 1 atom stereocenters. The number of nitrogens with one attached hydrogen (secondary N) is 1. The van der Waals surface area contributed by atoms with Gasteiger partial charge in [0.15, 0.2) is 0 Å². The van der Waals surface area contributed by atoms with Crippen molar-refractivity contribution in [3.63, 3.8) is 0 Å². The Bertz CT molecular complexity index is 443. The summed E-state index contributed by atoms with van der Waals surface area (Å²) in [6, 6.07) is 7.16. The highest BCUT2D eigenvalue weighted by molar-refractivity contribution is 5.94. The van der Waals surface area contributed by atoms with Gasteiger partial charge in [0.1, 0.15) is 5.67 Å². The SMILES string of the molecule is CCCCCCC(C)(F)Cc1ccc(C(=O)NCCN)cc1. The lowest BCUT2D eigenvalue weighted by Crippen LogP contribution is -2.29. The summed E-state index contributed by atoms with van der Waals surface area (Å²) in [6.45, 7) is 4.70. The van der Waals surface area contributed by atoms with Crippen molar-refractivity contribution in [2.45, 2.75) is 58.0 Å². The van der Waals surface area contributed by atoms with Crippen LogP contribution in [-0.2, 0) is 6.42 Å². The lowest BCUT2D eigenvalue weighted by Gasteiger charge is -2.20. The average Bonchev–Trinajstić information content (AvgIpc) is 2.49. The fourth-order valence-corrected chi connectivity index (χ4v) is 2.50. The van der Waals surface area contributed by atoms with E-state index in [1.807, 2.05) is 12.1 Å². The van der Waals surface area contributed by atoms with Crippen molar-refractivity contribution < 1.29 is 9.18 Å². The number of benzene rings is 1. The summed E-state index contributed by atoms with van der Waals surface area (Å²) in [5, 5.41) is 2.72. The third-order valence-electron chi connectivity index (χ3n) is 3.77. The Morgan fingerprint density at radius 3 is 2.50 bits per heavy atom. The molecule has 4 heteroatoms. The zero-order valence-corrected chi connectivity index (χ0v) is 13.8. The minimum absolute atomic E-state index is 0.139. The first-order valence-electron chi connectivity index (χ1n) is 8.24. The van der Waals surface area contributed by atoms with Crippen molar-refractivity contribution in [1.29, 1.82) is 0 Å². The number of nitrogens with two attached hydrogens (primary N) is 1. The molecular weight excluding hydrogens is 279 g/mol. The van der Waals surface area contributed by atoms with Crippen LogP contribution in [0.4, 0.5) is 4.39 Å². The molecule has 124 valence electrons. The van der Waals surface area contributed by atoms with Crippen molar-refractivity contribution in [3.05, 3.63) is 35.4 Å². The number of carbonyl (C=O) groups excluding carboxylic acids is 1. The molecule has 1 aromatic carbocycles. The quantitative estimate of drug-likeness (QED) is 0.649. The lowest BCUT2D eigenvalue weighted by molar-refractivity contribution is 0.0955. The average molecular weight is 308 g/mol. The lowest BCUT2D eigenvalue weighted by atomic mass is 9.92. The maximum absolute atomic E-state index is 14.5. The highest BCUT2D eigenvalue weighted by atomic mass is 19.1. The number of hydrogen-bond acceptors (Lipinski definition) is 2. The Balaban J connectivity index is 2.50. The second kappa shape index (κ2) is 9.57. The Morgan fingerprint density at radius 1 is 1.23 bits per heavy atom. The van der Waals surface area contributed by atoms with Crippen LogP contribution in [0.25, 0.3) is 0 Å². The molecule has 3 nitrogen and oxygen atoms in total. The highest BCUT2D eigenvalue weighted by Crippen LogP contribution is 2.24. The fourth-order valence-electron chi connectivity index (χ4n) is 2.50. The largest absolute Gasteiger partial charge is 0.351 e. The maximum atomic E-state index is 14.5. The number of rotatable bonds is 10. The maximum Gasteiger partial charge on any atom is 0.251 e. The molecular formula is C18H29FN2O. The van der Waals surface area contributed by atoms with E-state index in [4.69, 9.17) is 5.73 Å². The summed E-state index contributed by atoms with van der Waals surface area (Å²) in [6.07, 6.45) is 5.34. The predicted molar refractivity (Wildman–Crippen MR) is 89.8 cm³/mol. The minimum atomic E-state index is -1.18. The molecule has 0 aromatic heterocycles. The molecule has 22 heavy (non-hydrogen) atoms. The van der Waals surface area contributed by atoms with Gasteiger partial charge in [-0.05, 0) is 31.0 Å². The molecule has 0 saturated carbocycles. The molecule has 0 aliphatic heterocycles. The Labute approximate surface area is 133 Å². The second-order valence-corrected chi connectivity index (χ2v) is 6.14. The molecule has 0 aliphatic carbocycles. The second-order valence-electron chi connectivity index (χ2n) is 6.14. The van der Waals surface area contributed by atoms with Crippen molar-refractivity contribution in [1.82, 2.24) is 5.32 Å². The molecule has 1 aromatic rings. The van der Waals surface area contributed by atoms with Crippen LogP contribution in [0.3, 0.4) is 0 Å². The summed E-state index contributed by atoms with van der Waals surface area (Å²) in [5.74, 6) is -0.139. The van der Waals surface area contributed by atoms with Crippen LogP contribution >= 0.6 is 0 Å². The van der Waals surface area contributed by atoms with Gasteiger partial charge in [0.05, 0.1) is 0 Å². The summed E-state index contributed by atoms with van der Waals surface area (Å²) in [7, 11) is 0. The highest BCUT2D eigenvalue weighted by Gasteiger charge is 2.23. The van der Waals surface area contributed by atoms with E-state index in [2.05, 4.69) is 12.2 Å². The van der Waals surface area contributed by atoms with Gasteiger partial charge < -0.3 is 11.1 Å². The first-order valence-corrected chi connectivity index (χ1v) is 8.24. The van der Waals surface area contributed by atoms with E-state index in [1.54, 1.807) is 19.1 Å². The van der Waals surface area contributed by atoms with E-state index < -0.39 is 5.67 Å². The number of alkyl halides is 1. The van der Waals surface area contributed by atoms with Gasteiger partial charge in [-0.1, -0.05) is 44.7 Å². The van der Waals surface area contributed by atoms with Crippen molar-refractivity contribution in [2.24, 2.45) is 5.73 Å². The van der Waals surface area contributed by atoms with Gasteiger partial charge in [0.2, 0.25) is 0 Å². The van der Waals surface area contributed by atoms with E-state index in [1.165, 1.54) is 6.42 Å². The smallest absolute Gasteiger partial charge is 0.251 e. The van der Waals surface area contributed by atoms with Crippen LogP contribution in [-0.4, -0.2) is 24.7 Å². The van der Waals surface area contributed by atoms with E-state index >= 15 is 0 Å². The van der Waals surface area contributed by atoms with Gasteiger partial charge in [0, 0.05) is 25.1 Å². The van der Waals surface area contributed by atoms with Crippen molar-refractivity contribution >= 4 is 5.91 Å². The van der Waals surface area contributed by atoms with Crippen LogP contribution in [0, 0.1) is 0 Å². The third kappa shape index (κ3) is 7.03. The van der Waals surface area contributed by atoms with E-state index in [0.29, 0.717) is 31.5 Å². The molecule has 0 heterocycles.